The Bertz CT molecular complexity index is 538. The molecule has 1 aliphatic heterocycles. The van der Waals surface area contributed by atoms with Crippen LogP contribution < -0.4 is 5.32 Å². The molecule has 0 atom stereocenters. The first-order chi connectivity index (χ1) is 11.7. The van der Waals surface area contributed by atoms with Crippen molar-refractivity contribution in [3.63, 3.8) is 0 Å². The Labute approximate surface area is 154 Å². The van der Waals surface area contributed by atoms with Gasteiger partial charge in [0.1, 0.15) is 0 Å². The van der Waals surface area contributed by atoms with Gasteiger partial charge in [-0.15, -0.1) is 0 Å². The summed E-state index contributed by atoms with van der Waals surface area (Å²) in [6.45, 7) is 8.12. The first-order valence-electron chi connectivity index (χ1n) is 8.25. The maximum absolute atomic E-state index is 11.6. The van der Waals surface area contributed by atoms with Gasteiger partial charge in [-0.3, -0.25) is 0 Å². The lowest BCUT2D eigenvalue weighted by Gasteiger charge is -2.25. The summed E-state index contributed by atoms with van der Waals surface area (Å²) in [7, 11) is 1.39. The molecule has 0 aromatic heterocycles. The maximum Gasteiger partial charge on any atom is 0.333 e. The average Bonchev–Trinajstić information content (AvgIpc) is 2.64. The standard InChI is InChI=1S/C17H21NO2S2.C2H6/c1-13(14-6-4-3-5-7-14)22-16(12-17(19)20-2)18-15-8-10-21-11-9-15;1-2/h3-7,12,15,18H,1,8-11H2,2H3;1-2H3/b16-12+;. The van der Waals surface area contributed by atoms with Crippen LogP contribution in [0.15, 0.2) is 48.0 Å². The van der Waals surface area contributed by atoms with Crippen molar-refractivity contribution in [2.75, 3.05) is 18.6 Å². The summed E-state index contributed by atoms with van der Waals surface area (Å²) in [5.41, 5.74) is 1.06. The van der Waals surface area contributed by atoms with E-state index in [0.717, 1.165) is 39.8 Å². The number of hydrogen-bond donors (Lipinski definition) is 1. The molecule has 1 aromatic rings. The number of esters is 1. The lowest BCUT2D eigenvalue weighted by molar-refractivity contribution is -0.134. The fourth-order valence-corrected chi connectivity index (χ4v) is 4.13. The Morgan fingerprint density at radius 3 is 2.50 bits per heavy atom. The van der Waals surface area contributed by atoms with Crippen molar-refractivity contribution in [3.8, 4) is 0 Å². The van der Waals surface area contributed by atoms with Crippen molar-refractivity contribution in [1.29, 1.82) is 0 Å². The SMILES string of the molecule is C=C(S/C(=C/C(=O)OC)NC1CCSCC1)c1ccccc1.CC. The summed E-state index contributed by atoms with van der Waals surface area (Å²) in [6.07, 6.45) is 3.74. The minimum Gasteiger partial charge on any atom is -0.466 e. The van der Waals surface area contributed by atoms with Crippen LogP contribution in [0, 0.1) is 0 Å². The molecule has 1 aromatic carbocycles. The topological polar surface area (TPSA) is 38.3 Å². The predicted molar refractivity (Wildman–Crippen MR) is 108 cm³/mol. The molecule has 0 saturated carbocycles. The quantitative estimate of drug-likeness (QED) is 0.572. The van der Waals surface area contributed by atoms with Crippen LogP contribution in [0.4, 0.5) is 0 Å². The summed E-state index contributed by atoms with van der Waals surface area (Å²) in [5.74, 6) is 1.97. The van der Waals surface area contributed by atoms with Crippen LogP contribution in [0.1, 0.15) is 32.3 Å². The molecule has 24 heavy (non-hydrogen) atoms. The van der Waals surface area contributed by atoms with E-state index < -0.39 is 0 Å². The van der Waals surface area contributed by atoms with Gasteiger partial charge in [0.2, 0.25) is 0 Å². The zero-order chi connectivity index (χ0) is 17.8. The van der Waals surface area contributed by atoms with Gasteiger partial charge in [0.05, 0.1) is 18.2 Å². The van der Waals surface area contributed by atoms with Crippen LogP contribution in [0.5, 0.6) is 0 Å². The van der Waals surface area contributed by atoms with E-state index in [9.17, 15) is 4.79 Å². The van der Waals surface area contributed by atoms with Crippen molar-refractivity contribution in [2.24, 2.45) is 0 Å². The van der Waals surface area contributed by atoms with Crippen LogP contribution in [0.3, 0.4) is 0 Å². The molecule has 0 radical (unpaired) electrons. The third-order valence-corrected chi connectivity index (χ3v) is 5.33. The highest BCUT2D eigenvalue weighted by Gasteiger charge is 2.16. The van der Waals surface area contributed by atoms with Crippen molar-refractivity contribution >= 4 is 34.4 Å². The molecule has 3 nitrogen and oxygen atoms in total. The van der Waals surface area contributed by atoms with Crippen molar-refractivity contribution in [1.82, 2.24) is 5.32 Å². The van der Waals surface area contributed by atoms with Crippen LogP contribution >= 0.6 is 23.5 Å². The molecule has 1 saturated heterocycles. The van der Waals surface area contributed by atoms with Gasteiger partial charge in [-0.25, -0.2) is 4.79 Å². The Morgan fingerprint density at radius 2 is 1.92 bits per heavy atom. The number of rotatable bonds is 6. The van der Waals surface area contributed by atoms with Crippen LogP contribution in [-0.4, -0.2) is 30.6 Å². The molecular weight excluding hydrogens is 338 g/mol. The number of carbonyl (C=O) groups excluding carboxylic acids is 1. The Kier molecular flexibility index (Phi) is 10.4. The van der Waals surface area contributed by atoms with E-state index in [1.807, 2.05) is 55.9 Å². The van der Waals surface area contributed by atoms with Gasteiger partial charge in [-0.2, -0.15) is 11.8 Å². The molecule has 1 N–H and O–H groups in total. The number of carbonyl (C=O) groups is 1. The molecule has 1 fully saturated rings. The highest BCUT2D eigenvalue weighted by molar-refractivity contribution is 8.11. The highest BCUT2D eigenvalue weighted by atomic mass is 32.2. The van der Waals surface area contributed by atoms with Crippen molar-refractivity contribution in [3.05, 3.63) is 53.6 Å². The van der Waals surface area contributed by atoms with E-state index in [-0.39, 0.29) is 5.97 Å². The van der Waals surface area contributed by atoms with Gasteiger partial charge in [0, 0.05) is 10.9 Å². The molecule has 1 aliphatic rings. The molecule has 0 bridgehead atoms. The zero-order valence-corrected chi connectivity index (χ0v) is 16.3. The minimum absolute atomic E-state index is 0.346. The summed E-state index contributed by atoms with van der Waals surface area (Å²) < 4.78 is 4.75. The number of methoxy groups -OCH3 is 1. The Balaban J connectivity index is 0.00000139. The maximum atomic E-state index is 11.6. The number of nitrogens with one attached hydrogen (secondary N) is 1. The van der Waals surface area contributed by atoms with Gasteiger partial charge in [-0.1, -0.05) is 62.5 Å². The highest BCUT2D eigenvalue weighted by Crippen LogP contribution is 2.31. The van der Waals surface area contributed by atoms with Gasteiger partial charge in [0.15, 0.2) is 0 Å². The second kappa shape index (κ2) is 12.1. The van der Waals surface area contributed by atoms with Gasteiger partial charge < -0.3 is 10.1 Å². The molecule has 0 aliphatic carbocycles. The van der Waals surface area contributed by atoms with E-state index in [0.29, 0.717) is 6.04 Å². The zero-order valence-electron chi connectivity index (χ0n) is 14.7. The summed E-state index contributed by atoms with van der Waals surface area (Å²) in [4.78, 5) is 12.5. The molecule has 0 unspecified atom stereocenters. The molecule has 1 heterocycles. The molecule has 0 amide bonds. The van der Waals surface area contributed by atoms with E-state index >= 15 is 0 Å². The number of thioether (sulfide) groups is 2. The normalized spacial score (nSPS) is 15.0. The smallest absolute Gasteiger partial charge is 0.333 e. The Hall–Kier alpha value is -1.33. The van der Waals surface area contributed by atoms with Gasteiger partial charge in [0.25, 0.3) is 0 Å². The molecule has 2 rings (SSSR count). The fourth-order valence-electron chi connectivity index (χ4n) is 2.13. The second-order valence-electron chi connectivity index (χ2n) is 4.95. The van der Waals surface area contributed by atoms with Gasteiger partial charge in [-0.05, 0) is 29.9 Å². The fraction of sp³-hybridized carbons (Fsp3) is 0.421. The predicted octanol–water partition coefficient (Wildman–Crippen LogP) is 4.92. The third kappa shape index (κ3) is 7.49. The lowest BCUT2D eigenvalue weighted by atomic mass is 10.2. The number of ether oxygens (including phenoxy) is 1. The van der Waals surface area contributed by atoms with Crippen LogP contribution in [0.2, 0.25) is 0 Å². The summed E-state index contributed by atoms with van der Waals surface area (Å²) in [5, 5.41) is 4.27. The van der Waals surface area contributed by atoms with Crippen LogP contribution in [0.25, 0.3) is 4.91 Å². The molecule has 132 valence electrons. The monoisotopic (exact) mass is 365 g/mol. The van der Waals surface area contributed by atoms with Crippen molar-refractivity contribution < 1.29 is 9.53 Å². The Morgan fingerprint density at radius 1 is 1.29 bits per heavy atom. The number of benzene rings is 1. The lowest BCUT2D eigenvalue weighted by Crippen LogP contribution is -2.31. The van der Waals surface area contributed by atoms with E-state index in [1.165, 1.54) is 24.9 Å². The molecular formula is C19H27NO2S2. The summed E-state index contributed by atoms with van der Waals surface area (Å²) in [6, 6.07) is 10.4. The minimum atomic E-state index is -0.346. The average molecular weight is 366 g/mol. The largest absolute Gasteiger partial charge is 0.466 e. The van der Waals surface area contributed by atoms with E-state index in [1.54, 1.807) is 0 Å². The molecule has 5 heteroatoms. The van der Waals surface area contributed by atoms with Crippen LogP contribution in [-0.2, 0) is 9.53 Å². The molecule has 0 spiro atoms. The van der Waals surface area contributed by atoms with E-state index in [4.69, 9.17) is 4.74 Å². The third-order valence-electron chi connectivity index (χ3n) is 3.35. The second-order valence-corrected chi connectivity index (χ2v) is 7.32. The first kappa shape index (κ1) is 20.7. The first-order valence-corrected chi connectivity index (χ1v) is 10.2. The summed E-state index contributed by atoms with van der Waals surface area (Å²) >= 11 is 3.46. The number of hydrogen-bond acceptors (Lipinski definition) is 5. The van der Waals surface area contributed by atoms with Gasteiger partial charge >= 0.3 is 5.97 Å². The van der Waals surface area contributed by atoms with Crippen molar-refractivity contribution in [2.45, 2.75) is 32.7 Å². The van der Waals surface area contributed by atoms with E-state index in [2.05, 4.69) is 11.9 Å².